The Balaban J connectivity index is 2.32. The number of aromatic carboxylic acids is 1. The number of ether oxygens (including phenoxy) is 1. The molecule has 1 atom stereocenters. The van der Waals surface area contributed by atoms with E-state index in [1.165, 1.54) is 0 Å². The van der Waals surface area contributed by atoms with E-state index in [0.717, 1.165) is 31.6 Å². The van der Waals surface area contributed by atoms with Crippen LogP contribution in [0, 0.1) is 5.92 Å². The Morgan fingerprint density at radius 2 is 2.33 bits per heavy atom. The van der Waals surface area contributed by atoms with Crippen LogP contribution in [0.25, 0.3) is 0 Å². The number of carboxylic acid groups (broad SMARTS) is 1. The Morgan fingerprint density at radius 3 is 2.89 bits per heavy atom. The highest BCUT2D eigenvalue weighted by molar-refractivity contribution is 5.95. The molecule has 1 fully saturated rings. The highest BCUT2D eigenvalue weighted by Crippen LogP contribution is 2.31. The Hall–Kier alpha value is -1.71. The minimum Gasteiger partial charge on any atom is -0.497 e. The van der Waals surface area contributed by atoms with Crippen molar-refractivity contribution in [2.45, 2.75) is 19.8 Å². The first-order valence-corrected chi connectivity index (χ1v) is 6.32. The molecule has 0 aliphatic carbocycles. The average molecular weight is 249 g/mol. The summed E-state index contributed by atoms with van der Waals surface area (Å²) in [6.07, 6.45) is 2.27. The van der Waals surface area contributed by atoms with Crippen molar-refractivity contribution < 1.29 is 14.6 Å². The van der Waals surface area contributed by atoms with E-state index in [0.29, 0.717) is 17.2 Å². The molecule has 0 saturated carbocycles. The molecule has 1 aliphatic rings. The molecule has 0 radical (unpaired) electrons. The number of hydrogen-bond acceptors (Lipinski definition) is 3. The van der Waals surface area contributed by atoms with Crippen LogP contribution in [0.2, 0.25) is 0 Å². The Morgan fingerprint density at radius 1 is 1.56 bits per heavy atom. The summed E-state index contributed by atoms with van der Waals surface area (Å²) in [6.45, 7) is 4.04. The maximum atomic E-state index is 11.3. The van der Waals surface area contributed by atoms with Crippen LogP contribution in [0.4, 0.5) is 5.69 Å². The molecule has 1 N–H and O–H groups in total. The van der Waals surface area contributed by atoms with Crippen LogP contribution in [0.1, 0.15) is 30.1 Å². The molecular weight excluding hydrogens is 230 g/mol. The second-order valence-electron chi connectivity index (χ2n) is 4.70. The minimum atomic E-state index is -0.882. The lowest BCUT2D eigenvalue weighted by Crippen LogP contribution is -2.22. The van der Waals surface area contributed by atoms with Gasteiger partial charge in [0.2, 0.25) is 0 Å². The molecule has 0 amide bonds. The molecule has 1 heterocycles. The maximum Gasteiger partial charge on any atom is 0.337 e. The van der Waals surface area contributed by atoms with Crippen molar-refractivity contribution in [3.63, 3.8) is 0 Å². The summed E-state index contributed by atoms with van der Waals surface area (Å²) >= 11 is 0. The van der Waals surface area contributed by atoms with Crippen molar-refractivity contribution in [3.8, 4) is 5.75 Å². The van der Waals surface area contributed by atoms with Crippen LogP contribution >= 0.6 is 0 Å². The molecule has 0 aromatic heterocycles. The fourth-order valence-electron chi connectivity index (χ4n) is 2.47. The lowest BCUT2D eigenvalue weighted by atomic mass is 10.1. The number of carboxylic acids is 1. The zero-order valence-corrected chi connectivity index (χ0v) is 10.8. The van der Waals surface area contributed by atoms with E-state index in [-0.39, 0.29) is 0 Å². The summed E-state index contributed by atoms with van der Waals surface area (Å²) in [5.41, 5.74) is 1.13. The topological polar surface area (TPSA) is 49.8 Å². The molecule has 18 heavy (non-hydrogen) atoms. The van der Waals surface area contributed by atoms with Crippen molar-refractivity contribution in [3.05, 3.63) is 23.8 Å². The van der Waals surface area contributed by atoms with Gasteiger partial charge in [-0.25, -0.2) is 4.79 Å². The van der Waals surface area contributed by atoms with E-state index >= 15 is 0 Å². The van der Waals surface area contributed by atoms with Crippen molar-refractivity contribution in [2.24, 2.45) is 5.92 Å². The van der Waals surface area contributed by atoms with Gasteiger partial charge in [-0.3, -0.25) is 0 Å². The number of carbonyl (C=O) groups is 1. The Bertz CT molecular complexity index is 445. The molecule has 4 nitrogen and oxygen atoms in total. The van der Waals surface area contributed by atoms with Crippen molar-refractivity contribution in [1.82, 2.24) is 0 Å². The van der Waals surface area contributed by atoms with Crippen LogP contribution in [-0.2, 0) is 0 Å². The third-order valence-electron chi connectivity index (χ3n) is 3.64. The number of hydrogen-bond donors (Lipinski definition) is 1. The predicted octanol–water partition coefficient (Wildman–Crippen LogP) is 2.63. The fourth-order valence-corrected chi connectivity index (χ4v) is 2.47. The monoisotopic (exact) mass is 249 g/mol. The zero-order valence-electron chi connectivity index (χ0n) is 10.8. The molecule has 0 bridgehead atoms. The van der Waals surface area contributed by atoms with Crippen LogP contribution in [0.5, 0.6) is 5.75 Å². The smallest absolute Gasteiger partial charge is 0.337 e. The average Bonchev–Trinajstić information content (AvgIpc) is 2.86. The second-order valence-corrected chi connectivity index (χ2v) is 4.70. The minimum absolute atomic E-state index is 0.354. The Kier molecular flexibility index (Phi) is 3.75. The van der Waals surface area contributed by atoms with Gasteiger partial charge in [0.15, 0.2) is 0 Å². The highest BCUT2D eigenvalue weighted by Gasteiger charge is 2.25. The second kappa shape index (κ2) is 5.29. The largest absolute Gasteiger partial charge is 0.497 e. The van der Waals surface area contributed by atoms with Crippen molar-refractivity contribution in [1.29, 1.82) is 0 Å². The van der Waals surface area contributed by atoms with Gasteiger partial charge in [-0.05, 0) is 24.5 Å². The first-order chi connectivity index (χ1) is 8.65. The van der Waals surface area contributed by atoms with E-state index in [4.69, 9.17) is 4.74 Å². The molecule has 2 rings (SSSR count). The van der Waals surface area contributed by atoms with Crippen LogP contribution < -0.4 is 9.64 Å². The molecular formula is C14H19NO3. The van der Waals surface area contributed by atoms with Gasteiger partial charge in [0.05, 0.1) is 18.4 Å². The fraction of sp³-hybridized carbons (Fsp3) is 0.500. The van der Waals surface area contributed by atoms with E-state index in [1.807, 2.05) is 6.07 Å². The SMILES string of the molecule is CCC1CCN(c2cc(OC)ccc2C(=O)O)C1. The third kappa shape index (κ3) is 2.42. The first-order valence-electron chi connectivity index (χ1n) is 6.32. The molecule has 1 unspecified atom stereocenters. The van der Waals surface area contributed by atoms with E-state index in [1.54, 1.807) is 19.2 Å². The molecule has 1 aliphatic heterocycles. The molecule has 98 valence electrons. The summed E-state index contributed by atoms with van der Waals surface area (Å²) in [5.74, 6) is 0.486. The van der Waals surface area contributed by atoms with Gasteiger partial charge in [-0.15, -0.1) is 0 Å². The number of rotatable bonds is 4. The molecule has 0 spiro atoms. The van der Waals surface area contributed by atoms with Crippen LogP contribution in [-0.4, -0.2) is 31.3 Å². The van der Waals surface area contributed by atoms with Gasteiger partial charge in [-0.2, -0.15) is 0 Å². The zero-order chi connectivity index (χ0) is 13.1. The van der Waals surface area contributed by atoms with Gasteiger partial charge in [0.1, 0.15) is 5.75 Å². The molecule has 1 saturated heterocycles. The number of anilines is 1. The molecule has 4 heteroatoms. The predicted molar refractivity (Wildman–Crippen MR) is 70.6 cm³/mol. The lowest BCUT2D eigenvalue weighted by molar-refractivity contribution is 0.0697. The summed E-state index contributed by atoms with van der Waals surface area (Å²) in [5, 5.41) is 9.25. The lowest BCUT2D eigenvalue weighted by Gasteiger charge is -2.21. The summed E-state index contributed by atoms with van der Waals surface area (Å²) in [7, 11) is 1.60. The first kappa shape index (κ1) is 12.7. The maximum absolute atomic E-state index is 11.3. The van der Waals surface area contributed by atoms with Gasteiger partial charge >= 0.3 is 5.97 Å². The van der Waals surface area contributed by atoms with Gasteiger partial charge in [0, 0.05) is 19.2 Å². The van der Waals surface area contributed by atoms with Gasteiger partial charge < -0.3 is 14.7 Å². The standard InChI is InChI=1S/C14H19NO3/c1-3-10-6-7-15(9-10)13-8-11(18-2)4-5-12(13)14(16)17/h4-5,8,10H,3,6-7,9H2,1-2H3,(H,16,17). The molecule has 1 aromatic rings. The van der Waals surface area contributed by atoms with Crippen molar-refractivity contribution >= 4 is 11.7 Å². The number of nitrogens with zero attached hydrogens (tertiary/aromatic N) is 1. The highest BCUT2D eigenvalue weighted by atomic mass is 16.5. The summed E-state index contributed by atoms with van der Waals surface area (Å²) < 4.78 is 5.18. The third-order valence-corrected chi connectivity index (χ3v) is 3.64. The van der Waals surface area contributed by atoms with E-state index in [9.17, 15) is 9.90 Å². The van der Waals surface area contributed by atoms with Gasteiger partial charge in [-0.1, -0.05) is 13.3 Å². The number of benzene rings is 1. The van der Waals surface area contributed by atoms with Gasteiger partial charge in [0.25, 0.3) is 0 Å². The van der Waals surface area contributed by atoms with E-state index in [2.05, 4.69) is 11.8 Å². The summed E-state index contributed by atoms with van der Waals surface area (Å²) in [4.78, 5) is 13.4. The number of methoxy groups -OCH3 is 1. The molecule has 1 aromatic carbocycles. The Labute approximate surface area is 107 Å². The van der Waals surface area contributed by atoms with Crippen molar-refractivity contribution in [2.75, 3.05) is 25.1 Å². The normalized spacial score (nSPS) is 19.0. The van der Waals surface area contributed by atoms with Crippen LogP contribution in [0.15, 0.2) is 18.2 Å². The quantitative estimate of drug-likeness (QED) is 0.891. The van der Waals surface area contributed by atoms with Crippen LogP contribution in [0.3, 0.4) is 0 Å². The summed E-state index contributed by atoms with van der Waals surface area (Å²) in [6, 6.07) is 5.14. The van der Waals surface area contributed by atoms with E-state index < -0.39 is 5.97 Å².